The highest BCUT2D eigenvalue weighted by Gasteiger charge is 2.31. The van der Waals surface area contributed by atoms with Crippen LogP contribution in [0.5, 0.6) is 0 Å². The fraction of sp³-hybridized carbons (Fsp3) is 0.531. The van der Waals surface area contributed by atoms with Crippen molar-refractivity contribution < 1.29 is 0 Å². The standard InChI is InChI=1S/C32H39NS/c1-4-5-25-6-11-27(12-7-25)29-16-18-30(19-17-29)28-13-8-26(9-14-28)10-15-31-20-24(3)32(33-22-34)21-23(31)2/h8-9,13-14,20-21,25,27,29-30H,4-7,11-12,16-19H2,1-3H3. The van der Waals surface area contributed by atoms with Crippen molar-refractivity contribution in [2.75, 3.05) is 0 Å². The molecular formula is C32H39NS. The first-order valence-electron chi connectivity index (χ1n) is 13.4. The monoisotopic (exact) mass is 469 g/mol. The molecule has 0 unspecified atom stereocenters. The second-order valence-electron chi connectivity index (χ2n) is 10.7. The quantitative estimate of drug-likeness (QED) is 0.241. The van der Waals surface area contributed by atoms with Crippen molar-refractivity contribution in [1.29, 1.82) is 0 Å². The van der Waals surface area contributed by atoms with Crippen LogP contribution in [0.1, 0.15) is 105 Å². The van der Waals surface area contributed by atoms with Crippen LogP contribution in [-0.2, 0) is 0 Å². The second kappa shape index (κ2) is 12.0. The van der Waals surface area contributed by atoms with Gasteiger partial charge in [0.05, 0.1) is 10.8 Å². The van der Waals surface area contributed by atoms with Gasteiger partial charge < -0.3 is 0 Å². The maximum absolute atomic E-state index is 4.75. The maximum Gasteiger partial charge on any atom is 0.0772 e. The van der Waals surface area contributed by atoms with Crippen molar-refractivity contribution in [3.8, 4) is 11.8 Å². The molecule has 0 radical (unpaired) electrons. The third-order valence-electron chi connectivity index (χ3n) is 8.46. The van der Waals surface area contributed by atoms with Gasteiger partial charge in [-0.05, 0) is 129 Å². The van der Waals surface area contributed by atoms with Gasteiger partial charge in [0.1, 0.15) is 0 Å². The van der Waals surface area contributed by atoms with Gasteiger partial charge in [0.2, 0.25) is 0 Å². The minimum atomic E-state index is 0.730. The number of thiocarbonyl (C=S) groups is 1. The lowest BCUT2D eigenvalue weighted by molar-refractivity contribution is 0.156. The molecule has 0 spiro atoms. The fourth-order valence-electron chi connectivity index (χ4n) is 6.36. The first-order chi connectivity index (χ1) is 16.6. The first-order valence-corrected chi connectivity index (χ1v) is 13.8. The molecule has 2 aliphatic carbocycles. The van der Waals surface area contributed by atoms with E-state index in [-0.39, 0.29) is 0 Å². The van der Waals surface area contributed by atoms with Crippen LogP contribution in [0, 0.1) is 43.4 Å². The summed E-state index contributed by atoms with van der Waals surface area (Å²) in [5, 5.41) is 2.46. The summed E-state index contributed by atoms with van der Waals surface area (Å²) in [5.74, 6) is 10.5. The van der Waals surface area contributed by atoms with Gasteiger partial charge >= 0.3 is 0 Å². The van der Waals surface area contributed by atoms with Gasteiger partial charge in [0.15, 0.2) is 0 Å². The number of aryl methyl sites for hydroxylation is 2. The first kappa shape index (κ1) is 24.9. The molecule has 2 heteroatoms. The molecule has 2 aromatic rings. The van der Waals surface area contributed by atoms with Crippen LogP contribution in [0.3, 0.4) is 0 Å². The van der Waals surface area contributed by atoms with E-state index in [1.165, 1.54) is 69.8 Å². The highest BCUT2D eigenvalue weighted by molar-refractivity contribution is 7.78. The van der Waals surface area contributed by atoms with Crippen LogP contribution in [0.25, 0.3) is 0 Å². The van der Waals surface area contributed by atoms with Crippen molar-refractivity contribution in [2.24, 2.45) is 22.7 Å². The van der Waals surface area contributed by atoms with E-state index in [9.17, 15) is 0 Å². The molecule has 0 aliphatic heterocycles. The predicted octanol–water partition coefficient (Wildman–Crippen LogP) is 9.32. The number of rotatable bonds is 5. The molecule has 0 atom stereocenters. The topological polar surface area (TPSA) is 12.4 Å². The van der Waals surface area contributed by atoms with E-state index < -0.39 is 0 Å². The summed E-state index contributed by atoms with van der Waals surface area (Å²) in [4.78, 5) is 4.14. The Kier molecular flexibility index (Phi) is 8.77. The second-order valence-corrected chi connectivity index (χ2v) is 10.9. The van der Waals surface area contributed by atoms with Crippen LogP contribution >= 0.6 is 12.2 Å². The number of isothiocyanates is 1. The number of hydrogen-bond donors (Lipinski definition) is 0. The van der Waals surface area contributed by atoms with Gasteiger partial charge in [0.25, 0.3) is 0 Å². The Hall–Kier alpha value is -2.20. The lowest BCUT2D eigenvalue weighted by atomic mass is 9.68. The molecule has 0 heterocycles. The molecule has 2 saturated carbocycles. The molecule has 0 saturated heterocycles. The Morgan fingerprint density at radius 3 is 2.09 bits per heavy atom. The Morgan fingerprint density at radius 1 is 0.824 bits per heavy atom. The third-order valence-corrected chi connectivity index (χ3v) is 8.55. The summed E-state index contributed by atoms with van der Waals surface area (Å²) in [6, 6.07) is 13.2. The summed E-state index contributed by atoms with van der Waals surface area (Å²) in [5.41, 5.74) is 6.71. The molecule has 2 fully saturated rings. The van der Waals surface area contributed by atoms with Gasteiger partial charge in [-0.2, -0.15) is 4.99 Å². The van der Waals surface area contributed by atoms with Crippen molar-refractivity contribution in [3.63, 3.8) is 0 Å². The Morgan fingerprint density at radius 2 is 1.47 bits per heavy atom. The van der Waals surface area contributed by atoms with Crippen molar-refractivity contribution >= 4 is 23.1 Å². The predicted molar refractivity (Wildman–Crippen MR) is 148 cm³/mol. The SMILES string of the molecule is CCCC1CCC(C2CCC(c3ccc(C#Cc4cc(C)c(N=C=S)cc4C)cc3)CC2)CC1. The number of hydrogen-bond acceptors (Lipinski definition) is 2. The molecule has 2 aromatic carbocycles. The van der Waals surface area contributed by atoms with Gasteiger partial charge in [-0.1, -0.05) is 56.6 Å². The largest absolute Gasteiger partial charge is 0.194 e. The molecule has 1 nitrogen and oxygen atoms in total. The van der Waals surface area contributed by atoms with Gasteiger partial charge in [-0.3, -0.25) is 0 Å². The zero-order valence-corrected chi connectivity index (χ0v) is 22.0. The molecule has 4 rings (SSSR count). The van der Waals surface area contributed by atoms with Crippen LogP contribution in [0.2, 0.25) is 0 Å². The molecule has 0 amide bonds. The van der Waals surface area contributed by atoms with Crippen LogP contribution in [0.15, 0.2) is 41.4 Å². The normalized spacial score (nSPS) is 24.6. The minimum absolute atomic E-state index is 0.730. The maximum atomic E-state index is 4.75. The number of benzene rings is 2. The molecule has 0 bridgehead atoms. The number of nitrogens with zero attached hydrogens (tertiary/aromatic N) is 1. The average molecular weight is 470 g/mol. The Labute approximate surface area is 212 Å². The summed E-state index contributed by atoms with van der Waals surface area (Å²) in [6.45, 7) is 6.45. The van der Waals surface area contributed by atoms with Crippen LogP contribution in [0.4, 0.5) is 5.69 Å². The lowest BCUT2D eigenvalue weighted by Gasteiger charge is -2.38. The molecule has 2 aliphatic rings. The van der Waals surface area contributed by atoms with Gasteiger partial charge in [0, 0.05) is 11.1 Å². The highest BCUT2D eigenvalue weighted by atomic mass is 32.1. The smallest absolute Gasteiger partial charge is 0.0772 e. The average Bonchev–Trinajstić information content (AvgIpc) is 2.86. The van der Waals surface area contributed by atoms with E-state index in [1.54, 1.807) is 0 Å². The lowest BCUT2D eigenvalue weighted by Crippen LogP contribution is -2.25. The Balaban J connectivity index is 1.32. The summed E-state index contributed by atoms with van der Waals surface area (Å²) < 4.78 is 0. The highest BCUT2D eigenvalue weighted by Crippen LogP contribution is 2.44. The van der Waals surface area contributed by atoms with Gasteiger partial charge in [-0.25, -0.2) is 0 Å². The van der Waals surface area contributed by atoms with E-state index >= 15 is 0 Å². The third kappa shape index (κ3) is 6.27. The molecule has 178 valence electrons. The van der Waals surface area contributed by atoms with Crippen LogP contribution in [-0.4, -0.2) is 5.16 Å². The summed E-state index contributed by atoms with van der Waals surface area (Å²) in [7, 11) is 0. The minimum Gasteiger partial charge on any atom is -0.194 e. The molecule has 34 heavy (non-hydrogen) atoms. The summed E-state index contributed by atoms with van der Waals surface area (Å²) in [6.07, 6.45) is 14.4. The van der Waals surface area contributed by atoms with E-state index in [2.05, 4.69) is 66.2 Å². The van der Waals surface area contributed by atoms with E-state index in [4.69, 9.17) is 12.2 Å². The number of aliphatic imine (C=N–C) groups is 1. The van der Waals surface area contributed by atoms with Gasteiger partial charge in [-0.15, -0.1) is 0 Å². The van der Waals surface area contributed by atoms with Crippen LogP contribution < -0.4 is 0 Å². The molecule has 0 N–H and O–H groups in total. The van der Waals surface area contributed by atoms with E-state index in [0.717, 1.165) is 51.6 Å². The van der Waals surface area contributed by atoms with E-state index in [0.29, 0.717) is 0 Å². The zero-order valence-electron chi connectivity index (χ0n) is 21.2. The Bertz CT molecular complexity index is 1060. The van der Waals surface area contributed by atoms with Crippen molar-refractivity contribution in [1.82, 2.24) is 0 Å². The van der Waals surface area contributed by atoms with Crippen molar-refractivity contribution in [3.05, 3.63) is 64.2 Å². The van der Waals surface area contributed by atoms with E-state index in [1.807, 2.05) is 13.0 Å². The fourth-order valence-corrected chi connectivity index (χ4v) is 6.46. The zero-order chi connectivity index (χ0) is 23.9. The molecular weight excluding hydrogens is 430 g/mol. The summed E-state index contributed by atoms with van der Waals surface area (Å²) >= 11 is 4.75. The van der Waals surface area contributed by atoms with Crippen molar-refractivity contribution in [2.45, 2.75) is 90.9 Å². The molecule has 0 aromatic heterocycles.